The largest absolute Gasteiger partial charge is 0.454 e. The summed E-state index contributed by atoms with van der Waals surface area (Å²) < 4.78 is 10.9. The fraction of sp³-hybridized carbons (Fsp3) is 0.381. The van der Waals surface area contributed by atoms with Gasteiger partial charge in [-0.2, -0.15) is 0 Å². The van der Waals surface area contributed by atoms with Gasteiger partial charge in [0.1, 0.15) is 0 Å². The van der Waals surface area contributed by atoms with Gasteiger partial charge in [-0.1, -0.05) is 36.4 Å². The Morgan fingerprint density at radius 3 is 2.56 bits per heavy atom. The Morgan fingerprint density at radius 2 is 1.78 bits per heavy atom. The van der Waals surface area contributed by atoms with Crippen molar-refractivity contribution in [2.24, 2.45) is 0 Å². The zero-order valence-electron chi connectivity index (χ0n) is 15.6. The lowest BCUT2D eigenvalue weighted by molar-refractivity contribution is 0.172. The van der Waals surface area contributed by atoms with Crippen LogP contribution in [0, 0.1) is 0 Å². The van der Waals surface area contributed by atoms with Crippen LogP contribution in [0.1, 0.15) is 24.1 Å². The Labute approximate surface area is 165 Å². The quantitative estimate of drug-likeness (QED) is 0.818. The van der Waals surface area contributed by atoms with Gasteiger partial charge >= 0.3 is 0 Å². The molecule has 2 aromatic carbocycles. The molecule has 1 fully saturated rings. The van der Waals surface area contributed by atoms with Gasteiger partial charge in [-0.25, -0.2) is 0 Å². The number of benzene rings is 2. The van der Waals surface area contributed by atoms with E-state index in [1.165, 1.54) is 11.1 Å². The molecule has 27 heavy (non-hydrogen) atoms. The van der Waals surface area contributed by atoms with Crippen LogP contribution in [0.4, 0.5) is 0 Å². The van der Waals surface area contributed by atoms with Crippen LogP contribution < -0.4 is 14.8 Å². The highest BCUT2D eigenvalue weighted by atomic mass is 32.1. The van der Waals surface area contributed by atoms with Gasteiger partial charge in [0.2, 0.25) is 6.79 Å². The SMILES string of the molecule is C[C@H](NC(=S)N1CCN(Cc2ccc3c(c2)OCO3)CC1)c1ccccc1. The Kier molecular flexibility index (Phi) is 5.45. The molecule has 6 heteroatoms. The highest BCUT2D eigenvalue weighted by Gasteiger charge is 2.21. The van der Waals surface area contributed by atoms with Crippen molar-refractivity contribution in [1.82, 2.24) is 15.1 Å². The minimum absolute atomic E-state index is 0.213. The first-order valence-electron chi connectivity index (χ1n) is 9.40. The van der Waals surface area contributed by atoms with Gasteiger partial charge < -0.3 is 19.7 Å². The first-order chi connectivity index (χ1) is 13.2. The topological polar surface area (TPSA) is 37.0 Å². The third-order valence-corrected chi connectivity index (χ3v) is 5.52. The molecule has 0 aromatic heterocycles. The number of nitrogens with one attached hydrogen (secondary N) is 1. The molecule has 0 unspecified atom stereocenters. The van der Waals surface area contributed by atoms with Crippen LogP contribution in [0.3, 0.4) is 0 Å². The predicted octanol–water partition coefficient (Wildman–Crippen LogP) is 3.17. The van der Waals surface area contributed by atoms with Crippen LogP contribution in [0.2, 0.25) is 0 Å². The highest BCUT2D eigenvalue weighted by Crippen LogP contribution is 2.32. The number of hydrogen-bond acceptors (Lipinski definition) is 4. The van der Waals surface area contributed by atoms with Crippen molar-refractivity contribution in [2.45, 2.75) is 19.5 Å². The van der Waals surface area contributed by atoms with Gasteiger partial charge in [0.05, 0.1) is 6.04 Å². The summed E-state index contributed by atoms with van der Waals surface area (Å²) in [5.74, 6) is 1.69. The molecule has 0 amide bonds. The van der Waals surface area contributed by atoms with E-state index in [1.807, 2.05) is 12.1 Å². The maximum Gasteiger partial charge on any atom is 0.231 e. The van der Waals surface area contributed by atoms with E-state index in [2.05, 4.69) is 58.4 Å². The molecular formula is C21H25N3O2S. The minimum atomic E-state index is 0.213. The Bertz CT molecular complexity index is 791. The lowest BCUT2D eigenvalue weighted by Gasteiger charge is -2.37. The summed E-state index contributed by atoms with van der Waals surface area (Å²) in [6.07, 6.45) is 0. The number of nitrogens with zero attached hydrogens (tertiary/aromatic N) is 2. The normalized spacial score (nSPS) is 17.6. The number of fused-ring (bicyclic) bond motifs is 1. The molecule has 5 nitrogen and oxygen atoms in total. The zero-order chi connectivity index (χ0) is 18.6. The first-order valence-corrected chi connectivity index (χ1v) is 9.81. The van der Waals surface area contributed by atoms with Crippen molar-refractivity contribution in [2.75, 3.05) is 33.0 Å². The fourth-order valence-electron chi connectivity index (χ4n) is 3.51. The van der Waals surface area contributed by atoms with Gasteiger partial charge in [-0.3, -0.25) is 4.90 Å². The molecule has 0 bridgehead atoms. The van der Waals surface area contributed by atoms with Gasteiger partial charge in [-0.15, -0.1) is 0 Å². The van der Waals surface area contributed by atoms with E-state index >= 15 is 0 Å². The summed E-state index contributed by atoms with van der Waals surface area (Å²) in [6, 6.07) is 16.8. The van der Waals surface area contributed by atoms with E-state index in [0.29, 0.717) is 6.79 Å². The molecule has 1 saturated heterocycles. The number of rotatable bonds is 4. The molecular weight excluding hydrogens is 358 g/mol. The summed E-state index contributed by atoms with van der Waals surface area (Å²) >= 11 is 5.64. The van der Waals surface area contributed by atoms with Gasteiger partial charge in [0.15, 0.2) is 16.6 Å². The average Bonchev–Trinajstić information content (AvgIpc) is 3.17. The van der Waals surface area contributed by atoms with Crippen molar-refractivity contribution in [1.29, 1.82) is 0 Å². The minimum Gasteiger partial charge on any atom is -0.454 e. The van der Waals surface area contributed by atoms with Crippen LogP contribution in [-0.4, -0.2) is 47.9 Å². The third-order valence-electron chi connectivity index (χ3n) is 5.14. The molecule has 0 aliphatic carbocycles. The van der Waals surface area contributed by atoms with Crippen molar-refractivity contribution in [3.05, 3.63) is 59.7 Å². The zero-order valence-corrected chi connectivity index (χ0v) is 16.4. The van der Waals surface area contributed by atoms with Gasteiger partial charge in [-0.05, 0) is 42.4 Å². The first kappa shape index (κ1) is 18.1. The molecule has 2 aliphatic heterocycles. The van der Waals surface area contributed by atoms with E-state index in [0.717, 1.165) is 49.3 Å². The van der Waals surface area contributed by atoms with Crippen LogP contribution in [0.5, 0.6) is 11.5 Å². The summed E-state index contributed by atoms with van der Waals surface area (Å²) in [4.78, 5) is 4.72. The van der Waals surface area contributed by atoms with E-state index in [4.69, 9.17) is 21.7 Å². The maximum atomic E-state index is 5.64. The number of thiocarbonyl (C=S) groups is 1. The highest BCUT2D eigenvalue weighted by molar-refractivity contribution is 7.80. The Hall–Kier alpha value is -2.31. The standard InChI is InChI=1S/C21H25N3O2S/c1-16(18-5-3-2-4-6-18)22-21(27)24-11-9-23(10-12-24)14-17-7-8-19-20(13-17)26-15-25-19/h2-8,13,16H,9-12,14-15H2,1H3,(H,22,27)/t16-/m0/s1. The lowest BCUT2D eigenvalue weighted by Crippen LogP contribution is -2.51. The van der Waals surface area contributed by atoms with E-state index in [9.17, 15) is 0 Å². The summed E-state index contributed by atoms with van der Waals surface area (Å²) in [5.41, 5.74) is 2.51. The third kappa shape index (κ3) is 4.34. The van der Waals surface area contributed by atoms with Crippen molar-refractivity contribution in [3.63, 3.8) is 0 Å². The predicted molar refractivity (Wildman–Crippen MR) is 110 cm³/mol. The number of ether oxygens (including phenoxy) is 2. The second kappa shape index (κ2) is 8.15. The van der Waals surface area contributed by atoms with Crippen LogP contribution in [0.25, 0.3) is 0 Å². The molecule has 2 aliphatic rings. The Balaban J connectivity index is 1.26. The van der Waals surface area contributed by atoms with Crippen LogP contribution >= 0.6 is 12.2 Å². The monoisotopic (exact) mass is 383 g/mol. The lowest BCUT2D eigenvalue weighted by atomic mass is 10.1. The molecule has 0 saturated carbocycles. The summed E-state index contributed by atoms with van der Waals surface area (Å²) in [7, 11) is 0. The van der Waals surface area contributed by atoms with E-state index in [-0.39, 0.29) is 6.04 Å². The van der Waals surface area contributed by atoms with Crippen LogP contribution in [-0.2, 0) is 6.54 Å². The summed E-state index contributed by atoms with van der Waals surface area (Å²) in [5, 5.41) is 4.31. The molecule has 0 radical (unpaired) electrons. The smallest absolute Gasteiger partial charge is 0.231 e. The second-order valence-corrected chi connectivity index (χ2v) is 7.42. The number of piperazine rings is 1. The molecule has 0 spiro atoms. The Morgan fingerprint density at radius 1 is 1.04 bits per heavy atom. The molecule has 2 aromatic rings. The van der Waals surface area contributed by atoms with Crippen molar-refractivity contribution in [3.8, 4) is 11.5 Å². The van der Waals surface area contributed by atoms with Crippen molar-refractivity contribution >= 4 is 17.3 Å². The molecule has 2 heterocycles. The second-order valence-electron chi connectivity index (χ2n) is 7.03. The van der Waals surface area contributed by atoms with Crippen LogP contribution in [0.15, 0.2) is 48.5 Å². The van der Waals surface area contributed by atoms with Gasteiger partial charge in [0.25, 0.3) is 0 Å². The maximum absolute atomic E-state index is 5.64. The van der Waals surface area contributed by atoms with E-state index in [1.54, 1.807) is 0 Å². The average molecular weight is 384 g/mol. The molecule has 4 rings (SSSR count). The van der Waals surface area contributed by atoms with E-state index < -0.39 is 0 Å². The molecule has 1 N–H and O–H groups in total. The molecule has 142 valence electrons. The molecule has 1 atom stereocenters. The fourth-order valence-corrected chi connectivity index (χ4v) is 3.87. The summed E-state index contributed by atoms with van der Waals surface area (Å²) in [6.45, 7) is 7.27. The number of hydrogen-bond donors (Lipinski definition) is 1. The van der Waals surface area contributed by atoms with Gasteiger partial charge in [0, 0.05) is 32.7 Å². The van der Waals surface area contributed by atoms with Crippen molar-refractivity contribution < 1.29 is 9.47 Å².